The number of benzene rings is 1. The van der Waals surface area contributed by atoms with Gasteiger partial charge in [-0.2, -0.15) is 4.98 Å². The van der Waals surface area contributed by atoms with E-state index in [-0.39, 0.29) is 45.7 Å². The maximum absolute atomic E-state index is 16.2. The molecule has 1 aliphatic rings. The number of aryl methyl sites for hydroxylation is 1. The number of amides is 1. The molecule has 1 amide bonds. The van der Waals surface area contributed by atoms with Crippen LogP contribution in [0.15, 0.2) is 52.0 Å². The predicted molar refractivity (Wildman–Crippen MR) is 171 cm³/mol. The quantitative estimate of drug-likeness (QED) is 0.215. The molecule has 0 bridgehead atoms. The Bertz CT molecular complexity index is 2050. The van der Waals surface area contributed by atoms with Crippen LogP contribution in [0.1, 0.15) is 58.7 Å². The van der Waals surface area contributed by atoms with Gasteiger partial charge >= 0.3 is 11.8 Å². The molecule has 1 atom stereocenters. The van der Waals surface area contributed by atoms with Crippen molar-refractivity contribution in [2.45, 2.75) is 66.0 Å². The van der Waals surface area contributed by atoms with E-state index < -0.39 is 29.0 Å². The van der Waals surface area contributed by atoms with Crippen molar-refractivity contribution in [3.8, 4) is 16.9 Å². The molecule has 10 nitrogen and oxygen atoms in total. The second-order valence-electron chi connectivity index (χ2n) is 13.0. The number of fused-ring (bicyclic) bond motifs is 2. The van der Waals surface area contributed by atoms with Crippen molar-refractivity contribution in [2.75, 3.05) is 24.5 Å². The van der Waals surface area contributed by atoms with Crippen molar-refractivity contribution in [2.24, 2.45) is 0 Å². The predicted octanol–water partition coefficient (Wildman–Crippen LogP) is 6.74. The van der Waals surface area contributed by atoms with Crippen molar-refractivity contribution >= 4 is 33.9 Å². The smallest absolute Gasteiger partial charge is 0.410 e. The van der Waals surface area contributed by atoms with Gasteiger partial charge in [0.15, 0.2) is 11.5 Å². The Morgan fingerprint density at radius 1 is 1.09 bits per heavy atom. The second kappa shape index (κ2) is 11.5. The lowest BCUT2D eigenvalue weighted by molar-refractivity contribution is 0.0218. The normalized spacial score (nSPS) is 15.7. The molecule has 5 aromatic rings. The first kappa shape index (κ1) is 31.1. The molecule has 1 fully saturated rings. The van der Waals surface area contributed by atoms with Gasteiger partial charge in [-0.3, -0.25) is 4.98 Å². The molecule has 0 unspecified atom stereocenters. The number of aromatic nitrogens is 4. The Balaban J connectivity index is 1.59. The van der Waals surface area contributed by atoms with Crippen LogP contribution in [0, 0.1) is 18.6 Å². The third-order valence-corrected chi connectivity index (χ3v) is 8.09. The van der Waals surface area contributed by atoms with Crippen molar-refractivity contribution < 1.29 is 22.7 Å². The summed E-state index contributed by atoms with van der Waals surface area (Å²) in [4.78, 5) is 44.1. The fraction of sp³-hybridized carbons (Fsp3) is 0.382. The summed E-state index contributed by atoms with van der Waals surface area (Å²) in [6.07, 6.45) is 2.63. The Morgan fingerprint density at radius 2 is 1.85 bits per heavy atom. The number of hydrogen-bond donors (Lipinski definition) is 0. The Morgan fingerprint density at radius 3 is 2.54 bits per heavy atom. The summed E-state index contributed by atoms with van der Waals surface area (Å²) in [6.45, 7) is 14.0. The number of carbonyl (C=O) groups excluding carboxylic acids is 1. The molecule has 1 aromatic carbocycles. The van der Waals surface area contributed by atoms with E-state index in [0.29, 0.717) is 36.4 Å². The van der Waals surface area contributed by atoms with Gasteiger partial charge in [0.05, 0.1) is 28.6 Å². The van der Waals surface area contributed by atoms with Crippen LogP contribution in [-0.2, 0) is 4.74 Å². The summed E-state index contributed by atoms with van der Waals surface area (Å²) in [5, 5.41) is 0.829. The number of furan rings is 1. The average molecular weight is 631 g/mol. The minimum Gasteiger partial charge on any atom is -0.464 e. The molecule has 0 N–H and O–H groups in total. The van der Waals surface area contributed by atoms with Gasteiger partial charge in [0.2, 0.25) is 0 Å². The van der Waals surface area contributed by atoms with E-state index >= 15 is 8.78 Å². The van der Waals surface area contributed by atoms with Crippen LogP contribution in [0.4, 0.5) is 19.4 Å². The van der Waals surface area contributed by atoms with Crippen LogP contribution < -0.4 is 10.6 Å². The summed E-state index contributed by atoms with van der Waals surface area (Å²) in [5.41, 5.74) is 0.332. The Hall–Kier alpha value is -4.87. The fourth-order valence-electron chi connectivity index (χ4n) is 5.98. The number of carbonyl (C=O) groups is 1. The number of piperazine rings is 1. The monoisotopic (exact) mass is 630 g/mol. The first-order valence-electron chi connectivity index (χ1n) is 15.2. The number of pyridine rings is 2. The molecule has 6 rings (SSSR count). The molecule has 0 aliphatic carbocycles. The largest absolute Gasteiger partial charge is 0.464 e. The van der Waals surface area contributed by atoms with Crippen molar-refractivity contribution in [3.63, 3.8) is 0 Å². The highest BCUT2D eigenvalue weighted by Gasteiger charge is 2.33. The van der Waals surface area contributed by atoms with E-state index in [1.165, 1.54) is 23.0 Å². The van der Waals surface area contributed by atoms with Gasteiger partial charge in [0, 0.05) is 37.3 Å². The zero-order valence-electron chi connectivity index (χ0n) is 26.9. The molecular formula is C34H36F2N6O4. The zero-order chi connectivity index (χ0) is 33.1. The van der Waals surface area contributed by atoms with E-state index in [1.807, 2.05) is 32.6 Å². The van der Waals surface area contributed by atoms with Gasteiger partial charge in [0.1, 0.15) is 28.5 Å². The standard InChI is InChI=1S/C34H36F2N6O4/c1-18(2)26-28(19(3)10-12-37-26)42-31-22(16-24(36)27(38-31)25-23(35)9-8-21-11-15-45-29(21)25)30(39-32(42)43)41-14-13-40(17-20(41)4)33(44)46-34(5,6)7/h8-12,15-16,18,20H,13-14,17H2,1-7H3/t20-/m0/s1. The number of hydrogen-bond acceptors (Lipinski definition) is 8. The Kier molecular flexibility index (Phi) is 7.77. The van der Waals surface area contributed by atoms with Crippen LogP contribution in [0.2, 0.25) is 0 Å². The lowest BCUT2D eigenvalue weighted by Crippen LogP contribution is -2.55. The summed E-state index contributed by atoms with van der Waals surface area (Å²) >= 11 is 0. The maximum Gasteiger partial charge on any atom is 0.410 e. The molecule has 0 saturated carbocycles. The average Bonchev–Trinajstić information content (AvgIpc) is 3.45. The summed E-state index contributed by atoms with van der Waals surface area (Å²) in [6, 6.07) is 7.14. The molecule has 240 valence electrons. The molecule has 12 heteroatoms. The van der Waals surface area contributed by atoms with Gasteiger partial charge in [0.25, 0.3) is 0 Å². The van der Waals surface area contributed by atoms with Crippen LogP contribution in [0.3, 0.4) is 0 Å². The van der Waals surface area contributed by atoms with E-state index in [2.05, 4.69) is 15.0 Å². The van der Waals surface area contributed by atoms with E-state index in [1.54, 1.807) is 50.1 Å². The second-order valence-corrected chi connectivity index (χ2v) is 13.0. The molecule has 0 spiro atoms. The number of halogens is 2. The van der Waals surface area contributed by atoms with Gasteiger partial charge in [-0.05, 0) is 76.4 Å². The van der Waals surface area contributed by atoms with Crippen molar-refractivity contribution in [1.82, 2.24) is 24.4 Å². The molecule has 0 radical (unpaired) electrons. The van der Waals surface area contributed by atoms with Crippen molar-refractivity contribution in [1.29, 1.82) is 0 Å². The SMILES string of the molecule is Cc1ccnc(C(C)C)c1-n1c(=O)nc(N2CCN(C(=O)OC(C)(C)C)C[C@@H]2C)c2cc(F)c(-c3c(F)ccc4ccoc34)nc21. The molecule has 5 heterocycles. The first-order valence-corrected chi connectivity index (χ1v) is 15.2. The highest BCUT2D eigenvalue weighted by Crippen LogP contribution is 2.37. The summed E-state index contributed by atoms with van der Waals surface area (Å²) < 4.78 is 44.1. The van der Waals surface area contributed by atoms with Crippen LogP contribution in [-0.4, -0.2) is 61.8 Å². The van der Waals surface area contributed by atoms with E-state index in [9.17, 15) is 9.59 Å². The van der Waals surface area contributed by atoms with E-state index in [4.69, 9.17) is 9.15 Å². The van der Waals surface area contributed by atoms with Gasteiger partial charge in [-0.15, -0.1) is 0 Å². The van der Waals surface area contributed by atoms with Gasteiger partial charge < -0.3 is 19.0 Å². The minimum atomic E-state index is -0.810. The minimum absolute atomic E-state index is 0.0771. The topological polar surface area (TPSA) is 107 Å². The van der Waals surface area contributed by atoms with Crippen LogP contribution in [0.25, 0.3) is 38.9 Å². The highest BCUT2D eigenvalue weighted by atomic mass is 19.1. The summed E-state index contributed by atoms with van der Waals surface area (Å²) in [7, 11) is 0. The third kappa shape index (κ3) is 5.45. The molecular weight excluding hydrogens is 594 g/mol. The maximum atomic E-state index is 16.2. The van der Waals surface area contributed by atoms with Crippen molar-refractivity contribution in [3.05, 3.63) is 76.2 Å². The Labute approximate surface area is 264 Å². The molecule has 1 saturated heterocycles. The lowest BCUT2D eigenvalue weighted by Gasteiger charge is -2.41. The first-order chi connectivity index (χ1) is 21.7. The molecule has 4 aromatic heterocycles. The third-order valence-electron chi connectivity index (χ3n) is 8.09. The number of ether oxygens (including phenoxy) is 1. The van der Waals surface area contributed by atoms with Gasteiger partial charge in [-0.25, -0.2) is 27.9 Å². The summed E-state index contributed by atoms with van der Waals surface area (Å²) in [5.74, 6) is -1.39. The highest BCUT2D eigenvalue weighted by molar-refractivity contribution is 5.95. The molecule has 1 aliphatic heterocycles. The van der Waals surface area contributed by atoms with Crippen LogP contribution >= 0.6 is 0 Å². The lowest BCUT2D eigenvalue weighted by atomic mass is 10.0. The zero-order valence-corrected chi connectivity index (χ0v) is 26.9. The molecule has 46 heavy (non-hydrogen) atoms. The number of anilines is 1. The van der Waals surface area contributed by atoms with Crippen LogP contribution in [0.5, 0.6) is 0 Å². The fourth-order valence-corrected chi connectivity index (χ4v) is 5.98. The van der Waals surface area contributed by atoms with E-state index in [0.717, 1.165) is 5.56 Å². The number of nitrogens with zero attached hydrogens (tertiary/aromatic N) is 6. The van der Waals surface area contributed by atoms with Gasteiger partial charge in [-0.1, -0.05) is 13.8 Å². The number of rotatable bonds is 4.